The molecule has 3 rings (SSSR count). The molecule has 0 aromatic heterocycles. The lowest BCUT2D eigenvalue weighted by molar-refractivity contribution is -0.141. The number of anilines is 1. The van der Waals surface area contributed by atoms with Gasteiger partial charge in [0.1, 0.15) is 0 Å². The summed E-state index contributed by atoms with van der Waals surface area (Å²) in [5.74, 6) is -0.994. The number of benzene rings is 2. The Morgan fingerprint density at radius 2 is 1.40 bits per heavy atom. The highest BCUT2D eigenvalue weighted by Crippen LogP contribution is 2.23. The summed E-state index contributed by atoms with van der Waals surface area (Å²) in [7, 11) is 0. The molecule has 0 bridgehead atoms. The second kappa shape index (κ2) is 7.83. The first-order valence-corrected chi connectivity index (χ1v) is 8.53. The smallest absolute Gasteiger partial charge is 0.303 e. The van der Waals surface area contributed by atoms with E-state index in [1.165, 1.54) is 11.1 Å². The van der Waals surface area contributed by atoms with Crippen LogP contribution < -0.4 is 4.90 Å². The van der Waals surface area contributed by atoms with E-state index in [1.54, 1.807) is 4.90 Å². The van der Waals surface area contributed by atoms with Crippen LogP contribution in [0.4, 0.5) is 5.69 Å². The number of carbonyl (C=O) groups is 2. The van der Waals surface area contributed by atoms with Crippen molar-refractivity contribution < 1.29 is 14.7 Å². The zero-order valence-electron chi connectivity index (χ0n) is 14.1. The molecule has 0 radical (unpaired) electrons. The highest BCUT2D eigenvalue weighted by Gasteiger charge is 2.21. The molecule has 5 nitrogen and oxygen atoms in total. The van der Waals surface area contributed by atoms with Gasteiger partial charge in [-0.1, -0.05) is 42.5 Å². The summed E-state index contributed by atoms with van der Waals surface area (Å²) in [5.41, 5.74) is 3.53. The molecule has 1 saturated heterocycles. The molecule has 0 saturated carbocycles. The third-order valence-electron chi connectivity index (χ3n) is 4.52. The number of carbonyl (C=O) groups excluding carboxylic acids is 1. The van der Waals surface area contributed by atoms with Crippen molar-refractivity contribution in [3.63, 3.8) is 0 Å². The summed E-state index contributed by atoms with van der Waals surface area (Å²) in [6.07, 6.45) is -0.0128. The Morgan fingerprint density at radius 3 is 2.00 bits per heavy atom. The van der Waals surface area contributed by atoms with Gasteiger partial charge in [0, 0.05) is 38.3 Å². The maximum Gasteiger partial charge on any atom is 0.303 e. The highest BCUT2D eigenvalue weighted by atomic mass is 16.4. The van der Waals surface area contributed by atoms with E-state index in [0.717, 1.165) is 18.8 Å². The molecule has 1 aliphatic heterocycles. The molecular formula is C20H22N2O3. The van der Waals surface area contributed by atoms with Crippen molar-refractivity contribution in [1.82, 2.24) is 4.90 Å². The molecule has 1 aliphatic rings. The van der Waals surface area contributed by atoms with Crippen molar-refractivity contribution in [2.75, 3.05) is 31.1 Å². The van der Waals surface area contributed by atoms with E-state index in [2.05, 4.69) is 41.3 Å². The lowest BCUT2D eigenvalue weighted by Gasteiger charge is -2.36. The number of amides is 1. The fraction of sp³-hybridized carbons (Fsp3) is 0.300. The lowest BCUT2D eigenvalue weighted by Crippen LogP contribution is -2.48. The van der Waals surface area contributed by atoms with Crippen LogP contribution in [0.3, 0.4) is 0 Å². The Kier molecular flexibility index (Phi) is 5.33. The van der Waals surface area contributed by atoms with Crippen LogP contribution in [-0.2, 0) is 9.59 Å². The minimum atomic E-state index is -0.925. The van der Waals surface area contributed by atoms with E-state index in [1.807, 2.05) is 18.2 Å². The van der Waals surface area contributed by atoms with E-state index < -0.39 is 5.97 Å². The van der Waals surface area contributed by atoms with Crippen molar-refractivity contribution in [3.8, 4) is 11.1 Å². The fourth-order valence-corrected chi connectivity index (χ4v) is 3.08. The third kappa shape index (κ3) is 4.38. The van der Waals surface area contributed by atoms with Crippen LogP contribution in [0, 0.1) is 0 Å². The standard InChI is InChI=1S/C20H22N2O3/c23-19(10-11-20(24)25)22-14-12-21(13-15-22)18-8-6-17(7-9-18)16-4-2-1-3-5-16/h1-9H,10-15H2,(H,24,25). The average Bonchev–Trinajstić information content (AvgIpc) is 2.67. The zero-order chi connectivity index (χ0) is 17.6. The molecule has 1 N–H and O–H groups in total. The van der Waals surface area contributed by atoms with E-state index in [4.69, 9.17) is 5.11 Å². The molecule has 1 amide bonds. The van der Waals surface area contributed by atoms with Gasteiger partial charge in [0.25, 0.3) is 0 Å². The van der Waals surface area contributed by atoms with Gasteiger partial charge >= 0.3 is 5.97 Å². The predicted molar refractivity (Wildman–Crippen MR) is 97.5 cm³/mol. The Morgan fingerprint density at radius 1 is 0.800 bits per heavy atom. The molecule has 0 unspecified atom stereocenters. The van der Waals surface area contributed by atoms with E-state index in [0.29, 0.717) is 13.1 Å². The molecule has 2 aromatic carbocycles. The minimum Gasteiger partial charge on any atom is -0.481 e. The second-order valence-electron chi connectivity index (χ2n) is 6.17. The summed E-state index contributed by atoms with van der Waals surface area (Å²) in [5, 5.41) is 8.68. The second-order valence-corrected chi connectivity index (χ2v) is 6.17. The monoisotopic (exact) mass is 338 g/mol. The van der Waals surface area contributed by atoms with Crippen molar-refractivity contribution in [2.24, 2.45) is 0 Å². The van der Waals surface area contributed by atoms with Crippen LogP contribution in [0.1, 0.15) is 12.8 Å². The first-order chi connectivity index (χ1) is 12.1. The van der Waals surface area contributed by atoms with E-state index >= 15 is 0 Å². The van der Waals surface area contributed by atoms with Gasteiger partial charge in [-0.05, 0) is 23.3 Å². The SMILES string of the molecule is O=C(O)CCC(=O)N1CCN(c2ccc(-c3ccccc3)cc2)CC1. The van der Waals surface area contributed by atoms with Crippen molar-refractivity contribution >= 4 is 17.6 Å². The third-order valence-corrected chi connectivity index (χ3v) is 4.52. The summed E-state index contributed by atoms with van der Waals surface area (Å²) in [6, 6.07) is 18.7. The van der Waals surface area contributed by atoms with Crippen LogP contribution in [0.5, 0.6) is 0 Å². The summed E-state index contributed by atoms with van der Waals surface area (Å²) in [4.78, 5) is 26.6. The normalized spacial score (nSPS) is 14.4. The molecular weight excluding hydrogens is 316 g/mol. The molecule has 0 atom stereocenters. The lowest BCUT2D eigenvalue weighted by atomic mass is 10.1. The molecule has 1 heterocycles. The van der Waals surface area contributed by atoms with Crippen LogP contribution in [0.2, 0.25) is 0 Å². The molecule has 25 heavy (non-hydrogen) atoms. The molecule has 5 heteroatoms. The van der Waals surface area contributed by atoms with Gasteiger partial charge in [-0.3, -0.25) is 9.59 Å². The van der Waals surface area contributed by atoms with Crippen LogP contribution in [-0.4, -0.2) is 48.1 Å². The number of nitrogens with zero attached hydrogens (tertiary/aromatic N) is 2. The van der Waals surface area contributed by atoms with Crippen molar-refractivity contribution in [1.29, 1.82) is 0 Å². The summed E-state index contributed by atoms with van der Waals surface area (Å²) < 4.78 is 0. The number of piperazine rings is 1. The maximum atomic E-state index is 12.0. The Labute approximate surface area is 147 Å². The van der Waals surface area contributed by atoms with Gasteiger partial charge in [-0.2, -0.15) is 0 Å². The van der Waals surface area contributed by atoms with Gasteiger partial charge in [-0.15, -0.1) is 0 Å². The Balaban J connectivity index is 1.56. The summed E-state index contributed by atoms with van der Waals surface area (Å²) in [6.45, 7) is 2.81. The largest absolute Gasteiger partial charge is 0.481 e. The van der Waals surface area contributed by atoms with Gasteiger partial charge in [0.2, 0.25) is 5.91 Å². The quantitative estimate of drug-likeness (QED) is 0.911. The van der Waals surface area contributed by atoms with E-state index in [9.17, 15) is 9.59 Å². The molecule has 0 aliphatic carbocycles. The number of hydrogen-bond acceptors (Lipinski definition) is 3. The first kappa shape index (κ1) is 17.0. The number of rotatable bonds is 5. The van der Waals surface area contributed by atoms with Gasteiger partial charge in [-0.25, -0.2) is 0 Å². The van der Waals surface area contributed by atoms with Gasteiger partial charge in [0.05, 0.1) is 6.42 Å². The first-order valence-electron chi connectivity index (χ1n) is 8.53. The van der Waals surface area contributed by atoms with Gasteiger partial charge in [0.15, 0.2) is 0 Å². The number of aliphatic carboxylic acids is 1. The van der Waals surface area contributed by atoms with Crippen LogP contribution >= 0.6 is 0 Å². The molecule has 2 aromatic rings. The van der Waals surface area contributed by atoms with E-state index in [-0.39, 0.29) is 18.7 Å². The molecule has 1 fully saturated rings. The van der Waals surface area contributed by atoms with Crippen LogP contribution in [0.25, 0.3) is 11.1 Å². The fourth-order valence-electron chi connectivity index (χ4n) is 3.08. The van der Waals surface area contributed by atoms with Crippen molar-refractivity contribution in [2.45, 2.75) is 12.8 Å². The van der Waals surface area contributed by atoms with Crippen LogP contribution in [0.15, 0.2) is 54.6 Å². The zero-order valence-corrected chi connectivity index (χ0v) is 14.1. The summed E-state index contributed by atoms with van der Waals surface area (Å²) >= 11 is 0. The minimum absolute atomic E-state index is 0.0681. The number of carboxylic acid groups (broad SMARTS) is 1. The molecule has 130 valence electrons. The Bertz CT molecular complexity index is 720. The Hall–Kier alpha value is -2.82. The number of carboxylic acids is 1. The van der Waals surface area contributed by atoms with Crippen molar-refractivity contribution in [3.05, 3.63) is 54.6 Å². The maximum absolute atomic E-state index is 12.0. The topological polar surface area (TPSA) is 60.9 Å². The highest BCUT2D eigenvalue weighted by molar-refractivity contribution is 5.81. The average molecular weight is 338 g/mol. The number of hydrogen-bond donors (Lipinski definition) is 1. The predicted octanol–water partition coefficient (Wildman–Crippen LogP) is 2.87. The molecule has 0 spiro atoms. The van der Waals surface area contributed by atoms with Gasteiger partial charge < -0.3 is 14.9 Å².